The lowest BCUT2D eigenvalue weighted by Gasteiger charge is -2.16. The molecule has 1 atom stereocenters. The van der Waals surface area contributed by atoms with Crippen molar-refractivity contribution in [3.63, 3.8) is 0 Å². The SMILES string of the molecule is Fc1c(Cl)cccc1C(Br)c1cc(Cl)cc2c1OCC2. The summed E-state index contributed by atoms with van der Waals surface area (Å²) in [5, 5.41) is 0.725. The molecule has 1 aliphatic rings. The van der Waals surface area contributed by atoms with Crippen LogP contribution in [0.15, 0.2) is 30.3 Å². The van der Waals surface area contributed by atoms with Crippen LogP contribution in [0.3, 0.4) is 0 Å². The summed E-state index contributed by atoms with van der Waals surface area (Å²) in [6, 6.07) is 8.63. The number of benzene rings is 2. The van der Waals surface area contributed by atoms with E-state index >= 15 is 0 Å². The number of hydrogen-bond donors (Lipinski definition) is 0. The lowest BCUT2D eigenvalue weighted by molar-refractivity contribution is 0.354. The Bertz CT molecular complexity index is 675. The van der Waals surface area contributed by atoms with Crippen LogP contribution in [0.25, 0.3) is 0 Å². The van der Waals surface area contributed by atoms with Crippen LogP contribution < -0.4 is 4.74 Å². The van der Waals surface area contributed by atoms with Crippen LogP contribution in [0, 0.1) is 5.82 Å². The topological polar surface area (TPSA) is 9.23 Å². The summed E-state index contributed by atoms with van der Waals surface area (Å²) >= 11 is 15.5. The van der Waals surface area contributed by atoms with Crippen molar-refractivity contribution < 1.29 is 9.13 Å². The van der Waals surface area contributed by atoms with Gasteiger partial charge in [0.25, 0.3) is 0 Å². The first-order chi connectivity index (χ1) is 9.58. The summed E-state index contributed by atoms with van der Waals surface area (Å²) in [6.07, 6.45) is 0.820. The molecule has 0 bridgehead atoms. The predicted octanol–water partition coefficient (Wildman–Crippen LogP) is 5.55. The molecule has 0 saturated heterocycles. The molecule has 1 aliphatic heterocycles. The van der Waals surface area contributed by atoms with E-state index in [0.29, 0.717) is 17.2 Å². The van der Waals surface area contributed by atoms with Crippen LogP contribution in [0.1, 0.15) is 21.5 Å². The molecular formula is C15H10BrCl2FO. The minimum Gasteiger partial charge on any atom is -0.493 e. The molecule has 0 saturated carbocycles. The van der Waals surface area contributed by atoms with Crippen molar-refractivity contribution in [2.75, 3.05) is 6.61 Å². The fourth-order valence-corrected chi connectivity index (χ4v) is 3.49. The van der Waals surface area contributed by atoms with Crippen LogP contribution in [0.2, 0.25) is 10.0 Å². The van der Waals surface area contributed by atoms with Gasteiger partial charge in [-0.25, -0.2) is 4.39 Å². The van der Waals surface area contributed by atoms with Gasteiger partial charge < -0.3 is 4.74 Å². The van der Waals surface area contributed by atoms with Gasteiger partial charge in [-0.1, -0.05) is 51.3 Å². The lowest BCUT2D eigenvalue weighted by Crippen LogP contribution is -2.00. The van der Waals surface area contributed by atoms with Crippen molar-refractivity contribution in [2.45, 2.75) is 11.2 Å². The van der Waals surface area contributed by atoms with Gasteiger partial charge in [0.15, 0.2) is 0 Å². The zero-order valence-electron chi connectivity index (χ0n) is 10.3. The van der Waals surface area contributed by atoms with E-state index in [1.165, 1.54) is 6.07 Å². The molecule has 0 N–H and O–H groups in total. The van der Waals surface area contributed by atoms with Crippen LogP contribution in [-0.2, 0) is 6.42 Å². The number of alkyl halides is 1. The van der Waals surface area contributed by atoms with Gasteiger partial charge in [0.05, 0.1) is 16.5 Å². The minimum absolute atomic E-state index is 0.103. The summed E-state index contributed by atoms with van der Waals surface area (Å²) < 4.78 is 19.8. The Morgan fingerprint density at radius 3 is 2.80 bits per heavy atom. The second-order valence-electron chi connectivity index (χ2n) is 4.59. The maximum absolute atomic E-state index is 14.2. The van der Waals surface area contributed by atoms with Gasteiger partial charge in [0, 0.05) is 22.6 Å². The van der Waals surface area contributed by atoms with E-state index in [1.807, 2.05) is 6.07 Å². The zero-order chi connectivity index (χ0) is 14.3. The quantitative estimate of drug-likeness (QED) is 0.625. The molecule has 3 rings (SSSR count). The standard InChI is InChI=1S/C15H10BrCl2FO/c16-13(10-2-1-3-12(18)14(10)19)11-7-9(17)6-8-4-5-20-15(8)11/h1-3,6-7,13H,4-5H2. The Kier molecular flexibility index (Phi) is 3.93. The van der Waals surface area contributed by atoms with Gasteiger partial charge in [-0.05, 0) is 23.8 Å². The van der Waals surface area contributed by atoms with Gasteiger partial charge in [-0.2, -0.15) is 0 Å². The van der Waals surface area contributed by atoms with Crippen LogP contribution >= 0.6 is 39.1 Å². The summed E-state index contributed by atoms with van der Waals surface area (Å²) in [6.45, 7) is 0.625. The highest BCUT2D eigenvalue weighted by Gasteiger charge is 2.25. The maximum atomic E-state index is 14.2. The molecule has 0 amide bonds. The van der Waals surface area contributed by atoms with Crippen molar-refractivity contribution in [1.82, 2.24) is 0 Å². The highest BCUT2D eigenvalue weighted by Crippen LogP contribution is 2.43. The fourth-order valence-electron chi connectivity index (χ4n) is 2.37. The summed E-state index contributed by atoms with van der Waals surface area (Å²) in [7, 11) is 0. The van der Waals surface area contributed by atoms with E-state index in [1.54, 1.807) is 18.2 Å². The highest BCUT2D eigenvalue weighted by atomic mass is 79.9. The van der Waals surface area contributed by atoms with Crippen molar-refractivity contribution in [1.29, 1.82) is 0 Å². The minimum atomic E-state index is -0.428. The number of ether oxygens (including phenoxy) is 1. The third-order valence-electron chi connectivity index (χ3n) is 3.30. The molecular weight excluding hydrogens is 366 g/mol. The van der Waals surface area contributed by atoms with Gasteiger partial charge in [0.1, 0.15) is 11.6 Å². The fraction of sp³-hybridized carbons (Fsp3) is 0.200. The van der Waals surface area contributed by atoms with Crippen LogP contribution in [0.4, 0.5) is 4.39 Å². The monoisotopic (exact) mass is 374 g/mol. The molecule has 0 aromatic heterocycles. The van der Waals surface area contributed by atoms with Crippen molar-refractivity contribution in [3.8, 4) is 5.75 Å². The largest absolute Gasteiger partial charge is 0.493 e. The average Bonchev–Trinajstić information content (AvgIpc) is 2.88. The first-order valence-electron chi connectivity index (χ1n) is 6.11. The van der Waals surface area contributed by atoms with Gasteiger partial charge in [0.2, 0.25) is 0 Å². The normalized spacial score (nSPS) is 14.8. The molecule has 1 heterocycles. The summed E-state index contributed by atoms with van der Waals surface area (Å²) in [4.78, 5) is -0.355. The Morgan fingerprint density at radius 1 is 1.20 bits per heavy atom. The summed E-state index contributed by atoms with van der Waals surface area (Å²) in [5.41, 5.74) is 2.35. The van der Waals surface area contributed by atoms with Crippen LogP contribution in [-0.4, -0.2) is 6.61 Å². The molecule has 1 nitrogen and oxygen atoms in total. The Balaban J connectivity index is 2.11. The highest BCUT2D eigenvalue weighted by molar-refractivity contribution is 9.09. The first kappa shape index (κ1) is 14.2. The van der Waals surface area contributed by atoms with E-state index in [9.17, 15) is 4.39 Å². The summed E-state index contributed by atoms with van der Waals surface area (Å²) in [5.74, 6) is 0.360. The Labute approximate surface area is 134 Å². The number of halogens is 4. The number of hydrogen-bond acceptors (Lipinski definition) is 1. The van der Waals surface area contributed by atoms with E-state index in [2.05, 4.69) is 15.9 Å². The zero-order valence-corrected chi connectivity index (χ0v) is 13.4. The van der Waals surface area contributed by atoms with Crippen molar-refractivity contribution in [3.05, 3.63) is 62.9 Å². The van der Waals surface area contributed by atoms with E-state index in [0.717, 1.165) is 23.3 Å². The molecule has 5 heteroatoms. The molecule has 20 heavy (non-hydrogen) atoms. The van der Waals surface area contributed by atoms with Gasteiger partial charge >= 0.3 is 0 Å². The van der Waals surface area contributed by atoms with Crippen molar-refractivity contribution in [2.24, 2.45) is 0 Å². The van der Waals surface area contributed by atoms with Gasteiger partial charge in [-0.15, -0.1) is 0 Å². The maximum Gasteiger partial charge on any atom is 0.146 e. The number of rotatable bonds is 2. The van der Waals surface area contributed by atoms with E-state index in [-0.39, 0.29) is 9.85 Å². The van der Waals surface area contributed by atoms with Crippen molar-refractivity contribution >= 4 is 39.1 Å². The van der Waals surface area contributed by atoms with Crippen LogP contribution in [0.5, 0.6) is 5.75 Å². The smallest absolute Gasteiger partial charge is 0.146 e. The number of fused-ring (bicyclic) bond motifs is 1. The molecule has 1 unspecified atom stereocenters. The van der Waals surface area contributed by atoms with E-state index < -0.39 is 5.82 Å². The third-order valence-corrected chi connectivity index (χ3v) is 4.80. The lowest BCUT2D eigenvalue weighted by atomic mass is 10.0. The van der Waals surface area contributed by atoms with E-state index in [4.69, 9.17) is 27.9 Å². The average molecular weight is 376 g/mol. The Hall–Kier alpha value is -0.770. The first-order valence-corrected chi connectivity index (χ1v) is 7.78. The molecule has 0 fully saturated rings. The second-order valence-corrected chi connectivity index (χ2v) is 6.35. The molecule has 0 spiro atoms. The molecule has 2 aromatic rings. The molecule has 0 aliphatic carbocycles. The predicted molar refractivity (Wildman–Crippen MR) is 82.8 cm³/mol. The molecule has 0 radical (unpaired) electrons. The molecule has 2 aromatic carbocycles. The Morgan fingerprint density at radius 2 is 2.00 bits per heavy atom. The molecule has 104 valence electrons. The second kappa shape index (κ2) is 5.55. The third kappa shape index (κ3) is 2.43. The van der Waals surface area contributed by atoms with Gasteiger partial charge in [-0.3, -0.25) is 0 Å².